The second-order valence-corrected chi connectivity index (χ2v) is 2.80. The zero-order chi connectivity index (χ0) is 7.68. The Morgan fingerprint density at radius 3 is 3.00 bits per heavy atom. The highest BCUT2D eigenvalue weighted by Crippen LogP contribution is 2.26. The summed E-state index contributed by atoms with van der Waals surface area (Å²) in [5, 5.41) is 3.29. The van der Waals surface area contributed by atoms with Gasteiger partial charge in [0.15, 0.2) is 0 Å². The number of pyridine rings is 1. The molecule has 3 N–H and O–H groups in total. The number of nitrogens with one attached hydrogen (secondary N) is 1. The van der Waals surface area contributed by atoms with Crippen molar-refractivity contribution in [3.05, 3.63) is 24.0 Å². The van der Waals surface area contributed by atoms with E-state index in [2.05, 4.69) is 10.3 Å². The number of anilines is 1. The van der Waals surface area contributed by atoms with E-state index >= 15 is 0 Å². The molecule has 1 aliphatic rings. The average molecular weight is 149 g/mol. The van der Waals surface area contributed by atoms with Crippen LogP contribution in [-0.4, -0.2) is 11.5 Å². The van der Waals surface area contributed by atoms with Crippen molar-refractivity contribution in [1.29, 1.82) is 0 Å². The third-order valence-electron chi connectivity index (χ3n) is 2.09. The van der Waals surface area contributed by atoms with Crippen LogP contribution in [0.15, 0.2) is 18.5 Å². The van der Waals surface area contributed by atoms with Crippen molar-refractivity contribution in [2.45, 2.75) is 12.5 Å². The first-order valence-electron chi connectivity index (χ1n) is 3.80. The van der Waals surface area contributed by atoms with E-state index in [1.807, 2.05) is 6.07 Å². The zero-order valence-corrected chi connectivity index (χ0v) is 6.25. The minimum Gasteiger partial charge on any atom is -0.397 e. The molecule has 0 aromatic carbocycles. The minimum atomic E-state index is 0.470. The highest BCUT2D eigenvalue weighted by molar-refractivity contribution is 5.46. The Hall–Kier alpha value is -1.09. The highest BCUT2D eigenvalue weighted by Gasteiger charge is 2.19. The summed E-state index contributed by atoms with van der Waals surface area (Å²) >= 11 is 0. The Labute approximate surface area is 65.6 Å². The summed E-state index contributed by atoms with van der Waals surface area (Å²) in [6.45, 7) is 1.10. The fraction of sp³-hybridized carbons (Fsp3) is 0.375. The van der Waals surface area contributed by atoms with E-state index in [1.54, 1.807) is 12.4 Å². The van der Waals surface area contributed by atoms with E-state index in [0.717, 1.165) is 12.2 Å². The molecular formula is C8H11N3. The average Bonchev–Trinajstić information content (AvgIpc) is 1.90. The van der Waals surface area contributed by atoms with Gasteiger partial charge in [-0.1, -0.05) is 0 Å². The molecule has 0 unspecified atom stereocenters. The largest absolute Gasteiger partial charge is 0.397 e. The molecule has 0 radical (unpaired) electrons. The van der Waals surface area contributed by atoms with Crippen molar-refractivity contribution in [1.82, 2.24) is 10.3 Å². The molecule has 1 saturated heterocycles. The summed E-state index contributed by atoms with van der Waals surface area (Å²) in [7, 11) is 0. The van der Waals surface area contributed by atoms with Crippen molar-refractivity contribution in [3.8, 4) is 0 Å². The lowest BCUT2D eigenvalue weighted by molar-refractivity contribution is 0.384. The van der Waals surface area contributed by atoms with Crippen LogP contribution in [0.3, 0.4) is 0 Å². The summed E-state index contributed by atoms with van der Waals surface area (Å²) in [6, 6.07) is 2.45. The molecule has 0 bridgehead atoms. The number of hydrogen-bond acceptors (Lipinski definition) is 3. The molecule has 3 heteroatoms. The molecule has 1 fully saturated rings. The van der Waals surface area contributed by atoms with Crippen LogP contribution in [0.2, 0.25) is 0 Å². The van der Waals surface area contributed by atoms with Crippen LogP contribution in [0.1, 0.15) is 18.0 Å². The molecule has 0 saturated carbocycles. The van der Waals surface area contributed by atoms with E-state index < -0.39 is 0 Å². The first-order valence-corrected chi connectivity index (χ1v) is 3.80. The van der Waals surface area contributed by atoms with Crippen LogP contribution in [0.4, 0.5) is 5.69 Å². The van der Waals surface area contributed by atoms with Gasteiger partial charge in [0, 0.05) is 12.2 Å². The quantitative estimate of drug-likeness (QED) is 0.618. The van der Waals surface area contributed by atoms with Gasteiger partial charge in [0.05, 0.1) is 11.9 Å². The smallest absolute Gasteiger partial charge is 0.0549 e. The predicted octanol–water partition coefficient (Wildman–Crippen LogP) is 0.698. The fourth-order valence-corrected chi connectivity index (χ4v) is 1.29. The second-order valence-electron chi connectivity index (χ2n) is 2.80. The predicted molar refractivity (Wildman–Crippen MR) is 44.0 cm³/mol. The summed E-state index contributed by atoms with van der Waals surface area (Å²) in [4.78, 5) is 3.93. The molecule has 2 rings (SSSR count). The molecule has 3 nitrogen and oxygen atoms in total. The van der Waals surface area contributed by atoms with Crippen molar-refractivity contribution < 1.29 is 0 Å². The Bertz CT molecular complexity index is 255. The van der Waals surface area contributed by atoms with E-state index in [4.69, 9.17) is 5.73 Å². The molecule has 1 aromatic rings. The third-order valence-corrected chi connectivity index (χ3v) is 2.09. The molecule has 0 amide bonds. The monoisotopic (exact) mass is 149 g/mol. The lowest BCUT2D eigenvalue weighted by Crippen LogP contribution is -2.35. The van der Waals surface area contributed by atoms with Crippen LogP contribution in [0, 0.1) is 0 Å². The summed E-state index contributed by atoms with van der Waals surface area (Å²) in [5.41, 5.74) is 7.71. The lowest BCUT2D eigenvalue weighted by Gasteiger charge is -2.28. The van der Waals surface area contributed by atoms with Crippen LogP contribution in [-0.2, 0) is 0 Å². The van der Waals surface area contributed by atoms with Gasteiger partial charge in [-0.25, -0.2) is 0 Å². The van der Waals surface area contributed by atoms with Gasteiger partial charge >= 0.3 is 0 Å². The van der Waals surface area contributed by atoms with Gasteiger partial charge in [-0.15, -0.1) is 0 Å². The maximum atomic E-state index is 5.73. The van der Waals surface area contributed by atoms with Crippen molar-refractivity contribution in [2.24, 2.45) is 0 Å². The standard InChI is InChI=1S/C8H11N3/c9-7-5-10-3-1-6(7)8-2-4-11-8/h1,3,5,8,11H,2,4,9H2/t8-/m0/s1. The van der Waals surface area contributed by atoms with Crippen molar-refractivity contribution >= 4 is 5.69 Å². The molecule has 2 heterocycles. The van der Waals surface area contributed by atoms with Crippen LogP contribution in [0.25, 0.3) is 0 Å². The van der Waals surface area contributed by atoms with Gasteiger partial charge in [-0.05, 0) is 24.6 Å². The summed E-state index contributed by atoms with van der Waals surface area (Å²) in [5.74, 6) is 0. The zero-order valence-electron chi connectivity index (χ0n) is 6.25. The Balaban J connectivity index is 2.28. The minimum absolute atomic E-state index is 0.470. The van der Waals surface area contributed by atoms with E-state index in [1.165, 1.54) is 12.0 Å². The van der Waals surface area contributed by atoms with E-state index in [-0.39, 0.29) is 0 Å². The molecule has 1 aromatic heterocycles. The maximum absolute atomic E-state index is 5.73. The van der Waals surface area contributed by atoms with E-state index in [9.17, 15) is 0 Å². The molecule has 58 valence electrons. The van der Waals surface area contributed by atoms with Gasteiger partial charge in [0.1, 0.15) is 0 Å². The van der Waals surface area contributed by atoms with Gasteiger partial charge in [0.2, 0.25) is 0 Å². The summed E-state index contributed by atoms with van der Waals surface area (Å²) in [6.07, 6.45) is 4.68. The maximum Gasteiger partial charge on any atom is 0.0549 e. The number of nitrogens with two attached hydrogens (primary N) is 1. The lowest BCUT2D eigenvalue weighted by atomic mass is 9.98. The normalized spacial score (nSPS) is 22.7. The Morgan fingerprint density at radius 1 is 1.64 bits per heavy atom. The molecule has 1 atom stereocenters. The Kier molecular flexibility index (Phi) is 1.51. The molecule has 11 heavy (non-hydrogen) atoms. The Morgan fingerprint density at radius 2 is 2.45 bits per heavy atom. The van der Waals surface area contributed by atoms with Crippen molar-refractivity contribution in [3.63, 3.8) is 0 Å². The first-order chi connectivity index (χ1) is 5.38. The number of nitrogens with zero attached hydrogens (tertiary/aromatic N) is 1. The molecule has 0 spiro atoms. The molecular weight excluding hydrogens is 138 g/mol. The highest BCUT2D eigenvalue weighted by atomic mass is 15.0. The van der Waals surface area contributed by atoms with Gasteiger partial charge in [-0.2, -0.15) is 0 Å². The van der Waals surface area contributed by atoms with E-state index in [0.29, 0.717) is 6.04 Å². The second kappa shape index (κ2) is 2.51. The SMILES string of the molecule is Nc1cnccc1[C@@H]1CCN1. The topological polar surface area (TPSA) is 50.9 Å². The van der Waals surface area contributed by atoms with Gasteiger partial charge in [-0.3, -0.25) is 4.98 Å². The van der Waals surface area contributed by atoms with Gasteiger partial charge in [0.25, 0.3) is 0 Å². The third kappa shape index (κ3) is 1.07. The number of aromatic nitrogens is 1. The number of hydrogen-bond donors (Lipinski definition) is 2. The number of nitrogen functional groups attached to an aromatic ring is 1. The molecule has 1 aliphatic heterocycles. The summed E-state index contributed by atoms with van der Waals surface area (Å²) < 4.78 is 0. The van der Waals surface area contributed by atoms with Gasteiger partial charge < -0.3 is 11.1 Å². The van der Waals surface area contributed by atoms with Crippen LogP contribution in [0.5, 0.6) is 0 Å². The first kappa shape index (κ1) is 6.61. The fourth-order valence-electron chi connectivity index (χ4n) is 1.29. The number of rotatable bonds is 1. The van der Waals surface area contributed by atoms with Crippen LogP contribution >= 0.6 is 0 Å². The van der Waals surface area contributed by atoms with Crippen molar-refractivity contribution in [2.75, 3.05) is 12.3 Å². The molecule has 0 aliphatic carbocycles. The van der Waals surface area contributed by atoms with Crippen LogP contribution < -0.4 is 11.1 Å².